The highest BCUT2D eigenvalue weighted by atomic mass is 16.1. The number of aryl methyl sites for hydroxylation is 2. The Bertz CT molecular complexity index is 309. The Morgan fingerprint density at radius 1 is 1.20 bits per heavy atom. The highest BCUT2D eigenvalue weighted by Gasteiger charge is 2.05. The van der Waals surface area contributed by atoms with Gasteiger partial charge in [-0.3, -0.25) is 4.79 Å². The van der Waals surface area contributed by atoms with Crippen LogP contribution in [0.4, 0.5) is 0 Å². The van der Waals surface area contributed by atoms with Crippen LogP contribution in [0.2, 0.25) is 0 Å². The third kappa shape index (κ3) is 4.78. The molecule has 1 heteroatoms. The van der Waals surface area contributed by atoms with Crippen molar-refractivity contribution in [1.82, 2.24) is 0 Å². The van der Waals surface area contributed by atoms with E-state index in [1.165, 1.54) is 11.1 Å². The predicted octanol–water partition coefficient (Wildman–Crippen LogP) is 3.54. The number of hydrogen-bond donors (Lipinski definition) is 0. The minimum Gasteiger partial charge on any atom is -0.300 e. The average Bonchev–Trinajstić information content (AvgIpc) is 2.16. The molecule has 0 amide bonds. The van der Waals surface area contributed by atoms with E-state index in [0.717, 1.165) is 6.42 Å². The summed E-state index contributed by atoms with van der Waals surface area (Å²) in [6, 6.07) is 8.42. The zero-order valence-corrected chi connectivity index (χ0v) is 9.92. The predicted molar refractivity (Wildman–Crippen MR) is 64.0 cm³/mol. The fourth-order valence-electron chi connectivity index (χ4n) is 1.60. The van der Waals surface area contributed by atoms with Crippen molar-refractivity contribution in [3.8, 4) is 0 Å². The van der Waals surface area contributed by atoms with E-state index >= 15 is 0 Å². The molecule has 0 aliphatic heterocycles. The van der Waals surface area contributed by atoms with E-state index in [1.54, 1.807) is 0 Å². The minimum atomic E-state index is 0.380. The molecule has 0 aliphatic carbocycles. The molecule has 0 heterocycles. The summed E-state index contributed by atoms with van der Waals surface area (Å²) in [5.41, 5.74) is 2.53. The zero-order valence-electron chi connectivity index (χ0n) is 9.92. The lowest BCUT2D eigenvalue weighted by molar-refractivity contribution is -0.119. The third-order valence-corrected chi connectivity index (χ3v) is 2.45. The normalized spacial score (nSPS) is 10.7. The molecule has 0 aromatic heterocycles. The summed E-state index contributed by atoms with van der Waals surface area (Å²) in [6.45, 7) is 6.25. The SMILES string of the molecule is Cc1ccc(CCC(=O)CC(C)C)cc1. The van der Waals surface area contributed by atoms with Gasteiger partial charge in [-0.2, -0.15) is 0 Å². The summed E-state index contributed by atoms with van der Waals surface area (Å²) < 4.78 is 0. The first kappa shape index (κ1) is 12.0. The fraction of sp³-hybridized carbons (Fsp3) is 0.500. The molecule has 15 heavy (non-hydrogen) atoms. The number of rotatable bonds is 5. The third-order valence-electron chi connectivity index (χ3n) is 2.45. The molecule has 0 atom stereocenters. The number of benzene rings is 1. The summed E-state index contributed by atoms with van der Waals surface area (Å²) in [4.78, 5) is 11.5. The van der Waals surface area contributed by atoms with E-state index < -0.39 is 0 Å². The van der Waals surface area contributed by atoms with Crippen LogP contribution >= 0.6 is 0 Å². The van der Waals surface area contributed by atoms with Crippen LogP contribution < -0.4 is 0 Å². The van der Waals surface area contributed by atoms with Crippen LogP contribution in [0.15, 0.2) is 24.3 Å². The smallest absolute Gasteiger partial charge is 0.133 e. The number of hydrogen-bond acceptors (Lipinski definition) is 1. The highest BCUT2D eigenvalue weighted by Crippen LogP contribution is 2.09. The Kier molecular flexibility index (Phi) is 4.54. The molecule has 0 fully saturated rings. The highest BCUT2D eigenvalue weighted by molar-refractivity contribution is 5.78. The van der Waals surface area contributed by atoms with Crippen molar-refractivity contribution in [3.05, 3.63) is 35.4 Å². The van der Waals surface area contributed by atoms with Crippen molar-refractivity contribution >= 4 is 5.78 Å². The quantitative estimate of drug-likeness (QED) is 0.717. The van der Waals surface area contributed by atoms with Crippen molar-refractivity contribution < 1.29 is 4.79 Å². The minimum absolute atomic E-state index is 0.380. The second kappa shape index (κ2) is 5.69. The largest absolute Gasteiger partial charge is 0.300 e. The summed E-state index contributed by atoms with van der Waals surface area (Å²) >= 11 is 0. The first-order valence-electron chi connectivity index (χ1n) is 5.65. The maximum atomic E-state index is 11.5. The van der Waals surface area contributed by atoms with Gasteiger partial charge in [-0.05, 0) is 24.8 Å². The number of Topliss-reactive ketones (excluding diaryl/α,β-unsaturated/α-hetero) is 1. The van der Waals surface area contributed by atoms with Gasteiger partial charge in [-0.15, -0.1) is 0 Å². The molecule has 1 aromatic carbocycles. The Hall–Kier alpha value is -1.11. The van der Waals surface area contributed by atoms with Gasteiger partial charge < -0.3 is 0 Å². The molecule has 1 aromatic rings. The number of carbonyl (C=O) groups excluding carboxylic acids is 1. The van der Waals surface area contributed by atoms with Gasteiger partial charge in [-0.25, -0.2) is 0 Å². The average molecular weight is 204 g/mol. The summed E-state index contributed by atoms with van der Waals surface area (Å²) in [5, 5.41) is 0. The summed E-state index contributed by atoms with van der Waals surface area (Å²) in [6.07, 6.45) is 2.28. The lowest BCUT2D eigenvalue weighted by Crippen LogP contribution is -2.04. The summed E-state index contributed by atoms with van der Waals surface area (Å²) in [5.74, 6) is 0.862. The van der Waals surface area contributed by atoms with E-state index in [1.807, 2.05) is 0 Å². The molecular weight excluding hydrogens is 184 g/mol. The van der Waals surface area contributed by atoms with Crippen LogP contribution in [-0.2, 0) is 11.2 Å². The fourth-order valence-corrected chi connectivity index (χ4v) is 1.60. The van der Waals surface area contributed by atoms with Crippen molar-refractivity contribution in [1.29, 1.82) is 0 Å². The van der Waals surface area contributed by atoms with Crippen LogP contribution in [0, 0.1) is 12.8 Å². The molecular formula is C14H20O. The molecule has 0 bridgehead atoms. The first-order valence-corrected chi connectivity index (χ1v) is 5.65. The molecule has 0 radical (unpaired) electrons. The maximum Gasteiger partial charge on any atom is 0.133 e. The van der Waals surface area contributed by atoms with Gasteiger partial charge in [0.2, 0.25) is 0 Å². The van der Waals surface area contributed by atoms with Crippen LogP contribution in [0.3, 0.4) is 0 Å². The van der Waals surface area contributed by atoms with E-state index in [0.29, 0.717) is 24.5 Å². The van der Waals surface area contributed by atoms with E-state index in [4.69, 9.17) is 0 Å². The first-order chi connectivity index (χ1) is 7.08. The van der Waals surface area contributed by atoms with Crippen LogP contribution in [0.25, 0.3) is 0 Å². The van der Waals surface area contributed by atoms with Gasteiger partial charge in [-0.1, -0.05) is 43.7 Å². The summed E-state index contributed by atoms with van der Waals surface area (Å²) in [7, 11) is 0. The molecule has 0 saturated heterocycles. The van der Waals surface area contributed by atoms with Crippen molar-refractivity contribution in [2.75, 3.05) is 0 Å². The lowest BCUT2D eigenvalue weighted by Gasteiger charge is -2.04. The maximum absolute atomic E-state index is 11.5. The molecule has 1 nitrogen and oxygen atoms in total. The lowest BCUT2D eigenvalue weighted by atomic mass is 10.0. The zero-order chi connectivity index (χ0) is 11.3. The second-order valence-corrected chi connectivity index (χ2v) is 4.62. The van der Waals surface area contributed by atoms with E-state index in [2.05, 4.69) is 45.0 Å². The van der Waals surface area contributed by atoms with Crippen molar-refractivity contribution in [2.24, 2.45) is 5.92 Å². The van der Waals surface area contributed by atoms with Gasteiger partial charge in [0.05, 0.1) is 0 Å². The monoisotopic (exact) mass is 204 g/mol. The Morgan fingerprint density at radius 2 is 1.80 bits per heavy atom. The molecule has 0 spiro atoms. The Labute approximate surface area is 92.5 Å². The molecule has 82 valence electrons. The Balaban J connectivity index is 2.37. The van der Waals surface area contributed by atoms with Crippen molar-refractivity contribution in [3.63, 3.8) is 0 Å². The Morgan fingerprint density at radius 3 is 2.33 bits per heavy atom. The van der Waals surface area contributed by atoms with Crippen LogP contribution in [0.5, 0.6) is 0 Å². The molecule has 1 rings (SSSR count). The van der Waals surface area contributed by atoms with E-state index in [9.17, 15) is 4.79 Å². The standard InChI is InChI=1S/C14H20O/c1-11(2)10-14(15)9-8-13-6-4-12(3)5-7-13/h4-7,11H,8-10H2,1-3H3. The van der Waals surface area contributed by atoms with Gasteiger partial charge >= 0.3 is 0 Å². The molecule has 0 saturated carbocycles. The van der Waals surface area contributed by atoms with Gasteiger partial charge in [0.25, 0.3) is 0 Å². The van der Waals surface area contributed by atoms with Crippen molar-refractivity contribution in [2.45, 2.75) is 40.0 Å². The van der Waals surface area contributed by atoms with Gasteiger partial charge in [0.1, 0.15) is 5.78 Å². The van der Waals surface area contributed by atoms with E-state index in [-0.39, 0.29) is 0 Å². The molecule has 0 aliphatic rings. The van der Waals surface area contributed by atoms with Crippen LogP contribution in [-0.4, -0.2) is 5.78 Å². The topological polar surface area (TPSA) is 17.1 Å². The molecule has 0 unspecified atom stereocenters. The van der Waals surface area contributed by atoms with Gasteiger partial charge in [0, 0.05) is 12.8 Å². The number of carbonyl (C=O) groups is 1. The number of ketones is 1. The van der Waals surface area contributed by atoms with Crippen LogP contribution in [0.1, 0.15) is 37.8 Å². The second-order valence-electron chi connectivity index (χ2n) is 4.62. The van der Waals surface area contributed by atoms with Gasteiger partial charge in [0.15, 0.2) is 0 Å². The molecule has 0 N–H and O–H groups in total.